The molecule has 3 rings (SSSR count). The van der Waals surface area contributed by atoms with Crippen LogP contribution in [0.5, 0.6) is 0 Å². The van der Waals surface area contributed by atoms with Gasteiger partial charge in [0.25, 0.3) is 0 Å². The van der Waals surface area contributed by atoms with Crippen LogP contribution in [-0.4, -0.2) is 54.1 Å². The third-order valence-corrected chi connectivity index (χ3v) is 5.24. The monoisotopic (exact) mass is 415 g/mol. The lowest BCUT2D eigenvalue weighted by Crippen LogP contribution is -2.24. The lowest BCUT2D eigenvalue weighted by Gasteiger charge is -2.14. The number of fused-ring (bicyclic) bond motifs is 1. The smallest absolute Gasteiger partial charge is 0.339 e. The van der Waals surface area contributed by atoms with Gasteiger partial charge in [0, 0.05) is 28.9 Å². The number of likely N-dealkylation sites (tertiary alicyclic amines) is 1. The molecule has 154 valence electrons. The second-order valence-electron chi connectivity index (χ2n) is 6.94. The van der Waals surface area contributed by atoms with Crippen molar-refractivity contribution in [2.24, 2.45) is 4.99 Å². The molecular formula is C21H26ClN5O2. The van der Waals surface area contributed by atoms with Gasteiger partial charge in [-0.3, -0.25) is 9.67 Å². The maximum Gasteiger partial charge on any atom is 0.339 e. The maximum absolute atomic E-state index is 12.1. The highest BCUT2D eigenvalue weighted by Gasteiger charge is 2.17. The van der Waals surface area contributed by atoms with E-state index in [-0.39, 0.29) is 0 Å². The Morgan fingerprint density at radius 1 is 1.38 bits per heavy atom. The van der Waals surface area contributed by atoms with Gasteiger partial charge < -0.3 is 15.0 Å². The number of carbonyl (C=O) groups excluding carboxylic acids is 1. The number of benzene rings is 1. The summed E-state index contributed by atoms with van der Waals surface area (Å²) in [6.45, 7) is 9.22. The fourth-order valence-electron chi connectivity index (χ4n) is 3.48. The number of hydrogen-bond acceptors (Lipinski definition) is 6. The van der Waals surface area contributed by atoms with Crippen molar-refractivity contribution < 1.29 is 9.53 Å². The van der Waals surface area contributed by atoms with E-state index in [2.05, 4.69) is 21.9 Å². The Bertz CT molecular complexity index is 957. The van der Waals surface area contributed by atoms with Crippen molar-refractivity contribution in [1.29, 1.82) is 0 Å². The number of nitrogens with zero attached hydrogens (tertiary/aromatic N) is 4. The predicted octanol–water partition coefficient (Wildman–Crippen LogP) is 3.86. The van der Waals surface area contributed by atoms with E-state index in [9.17, 15) is 4.79 Å². The number of nitrogens with one attached hydrogen (secondary N) is 1. The molecular weight excluding hydrogens is 390 g/mol. The lowest BCUT2D eigenvalue weighted by atomic mass is 10.2. The molecule has 1 saturated heterocycles. The Kier molecular flexibility index (Phi) is 7.06. The minimum Gasteiger partial charge on any atom is -0.465 e. The van der Waals surface area contributed by atoms with E-state index in [0.717, 1.165) is 37.1 Å². The van der Waals surface area contributed by atoms with Gasteiger partial charge in [0.1, 0.15) is 0 Å². The van der Waals surface area contributed by atoms with Crippen molar-refractivity contribution in [1.82, 2.24) is 14.7 Å². The van der Waals surface area contributed by atoms with Gasteiger partial charge in [0.2, 0.25) is 0 Å². The summed E-state index contributed by atoms with van der Waals surface area (Å²) in [6.07, 6.45) is 5.52. The Labute approximate surface area is 175 Å². The molecule has 0 radical (unpaired) electrons. The highest BCUT2D eigenvalue weighted by atomic mass is 35.5. The summed E-state index contributed by atoms with van der Waals surface area (Å²) in [5.74, 6) is 0.175. The molecule has 29 heavy (non-hydrogen) atoms. The number of aliphatic imine (C=N–C) groups is 1. The Morgan fingerprint density at radius 2 is 2.14 bits per heavy atom. The molecule has 1 aromatic carbocycles. The quantitative estimate of drug-likeness (QED) is 0.307. The lowest BCUT2D eigenvalue weighted by molar-refractivity contribution is -0.135. The second kappa shape index (κ2) is 9.71. The van der Waals surface area contributed by atoms with Gasteiger partial charge in [0.05, 0.1) is 24.7 Å². The van der Waals surface area contributed by atoms with Crippen LogP contribution in [-0.2, 0) is 16.1 Å². The fourth-order valence-corrected chi connectivity index (χ4v) is 3.66. The molecule has 1 fully saturated rings. The number of anilines is 1. The molecule has 1 aliphatic rings. The largest absolute Gasteiger partial charge is 0.465 e. The van der Waals surface area contributed by atoms with Crippen molar-refractivity contribution in [2.45, 2.75) is 26.3 Å². The normalized spacial score (nSPS) is 15.7. The van der Waals surface area contributed by atoms with E-state index >= 15 is 0 Å². The van der Waals surface area contributed by atoms with E-state index < -0.39 is 5.97 Å². The fraction of sp³-hybridized carbons (Fsp3) is 0.381. The summed E-state index contributed by atoms with van der Waals surface area (Å²) in [7, 11) is 1.34. The highest BCUT2D eigenvalue weighted by Crippen LogP contribution is 2.28. The zero-order valence-electron chi connectivity index (χ0n) is 16.8. The number of carbonyl (C=O) groups is 1. The van der Waals surface area contributed by atoms with Gasteiger partial charge in [-0.05, 0) is 63.8 Å². The van der Waals surface area contributed by atoms with Crippen LogP contribution in [0.3, 0.4) is 0 Å². The number of aromatic nitrogens is 2. The van der Waals surface area contributed by atoms with E-state index in [4.69, 9.17) is 21.4 Å². The van der Waals surface area contributed by atoms with Gasteiger partial charge in [0.15, 0.2) is 5.82 Å². The van der Waals surface area contributed by atoms with Crippen LogP contribution in [0, 0.1) is 0 Å². The first-order valence-corrected chi connectivity index (χ1v) is 9.98. The topological polar surface area (TPSA) is 71.7 Å². The zero-order chi connectivity index (χ0) is 20.8. The van der Waals surface area contributed by atoms with Crippen LogP contribution in [0.4, 0.5) is 5.82 Å². The summed E-state index contributed by atoms with van der Waals surface area (Å²) < 4.78 is 6.86. The van der Waals surface area contributed by atoms with Crippen molar-refractivity contribution in [2.75, 3.05) is 32.1 Å². The SMILES string of the molecule is C=N/C=C\C(C(=O)OC)=C(/C)Nc1nn(CCN2CCCC2)c2ccc(Cl)cc12. The Balaban J connectivity index is 1.93. The van der Waals surface area contributed by atoms with Crippen LogP contribution in [0.15, 0.2) is 46.7 Å². The van der Waals surface area contributed by atoms with Crippen molar-refractivity contribution in [3.8, 4) is 0 Å². The molecule has 1 aliphatic heterocycles. The summed E-state index contributed by atoms with van der Waals surface area (Å²) in [4.78, 5) is 18.3. The Morgan fingerprint density at radius 3 is 2.83 bits per heavy atom. The molecule has 0 amide bonds. The van der Waals surface area contributed by atoms with Crippen LogP contribution >= 0.6 is 11.6 Å². The van der Waals surface area contributed by atoms with Crippen LogP contribution in [0.2, 0.25) is 5.02 Å². The number of halogens is 1. The third kappa shape index (κ3) is 5.05. The molecule has 0 bridgehead atoms. The van der Waals surface area contributed by atoms with Gasteiger partial charge in [-0.25, -0.2) is 4.79 Å². The van der Waals surface area contributed by atoms with E-state index in [1.807, 2.05) is 22.9 Å². The molecule has 8 heteroatoms. The summed E-state index contributed by atoms with van der Waals surface area (Å²) in [5.41, 5.74) is 1.94. The van der Waals surface area contributed by atoms with Gasteiger partial charge >= 0.3 is 5.97 Å². The van der Waals surface area contributed by atoms with Crippen LogP contribution < -0.4 is 5.32 Å². The summed E-state index contributed by atoms with van der Waals surface area (Å²) >= 11 is 6.23. The van der Waals surface area contributed by atoms with Gasteiger partial charge in [-0.15, -0.1) is 0 Å². The number of hydrogen-bond donors (Lipinski definition) is 1. The first-order valence-electron chi connectivity index (χ1n) is 9.60. The number of methoxy groups -OCH3 is 1. The molecule has 1 aromatic heterocycles. The third-order valence-electron chi connectivity index (χ3n) is 5.00. The summed E-state index contributed by atoms with van der Waals surface area (Å²) in [5, 5.41) is 9.53. The molecule has 2 heterocycles. The first kappa shape index (κ1) is 21.1. The van der Waals surface area contributed by atoms with E-state index in [1.165, 1.54) is 26.2 Å². The molecule has 7 nitrogen and oxygen atoms in total. The number of rotatable bonds is 8. The van der Waals surface area contributed by atoms with E-state index in [1.54, 1.807) is 13.0 Å². The van der Waals surface area contributed by atoms with Gasteiger partial charge in [-0.2, -0.15) is 5.10 Å². The minimum atomic E-state index is -0.467. The maximum atomic E-state index is 12.1. The van der Waals surface area contributed by atoms with Crippen LogP contribution in [0.25, 0.3) is 10.9 Å². The van der Waals surface area contributed by atoms with Crippen molar-refractivity contribution in [3.63, 3.8) is 0 Å². The molecule has 2 aromatic rings. The standard InChI is InChI=1S/C21H26ClN5O2/c1-15(17(8-9-23-2)21(28)29-3)24-20-18-14-16(22)6-7-19(18)27(25-20)13-12-26-10-4-5-11-26/h6-9,14H,2,4-5,10-13H2,1,3H3,(H,24,25)/b9-8-,17-15-. The van der Waals surface area contributed by atoms with Gasteiger partial charge in [-0.1, -0.05) is 11.6 Å². The summed E-state index contributed by atoms with van der Waals surface area (Å²) in [6, 6.07) is 5.72. The Hall–Kier alpha value is -2.64. The molecule has 1 N–H and O–H groups in total. The molecule has 0 spiro atoms. The highest BCUT2D eigenvalue weighted by molar-refractivity contribution is 6.31. The molecule has 0 atom stereocenters. The van der Waals surface area contributed by atoms with Crippen molar-refractivity contribution in [3.05, 3.63) is 46.8 Å². The zero-order valence-corrected chi connectivity index (χ0v) is 17.6. The molecule has 0 saturated carbocycles. The predicted molar refractivity (Wildman–Crippen MR) is 117 cm³/mol. The number of allylic oxidation sites excluding steroid dienone is 1. The number of ether oxygens (including phenoxy) is 1. The number of esters is 1. The molecule has 0 unspecified atom stereocenters. The van der Waals surface area contributed by atoms with Crippen molar-refractivity contribution >= 4 is 41.0 Å². The average Bonchev–Trinajstić information content (AvgIpc) is 3.34. The second-order valence-corrected chi connectivity index (χ2v) is 7.37. The van der Waals surface area contributed by atoms with E-state index in [0.29, 0.717) is 22.1 Å². The van der Waals surface area contributed by atoms with Crippen LogP contribution in [0.1, 0.15) is 19.8 Å². The minimum absolute atomic E-state index is 0.349. The average molecular weight is 416 g/mol. The first-order chi connectivity index (χ1) is 14.0. The molecule has 0 aliphatic carbocycles.